The summed E-state index contributed by atoms with van der Waals surface area (Å²) in [4.78, 5) is 8.53. The van der Waals surface area contributed by atoms with Gasteiger partial charge in [0.2, 0.25) is 0 Å². The number of piperazine rings is 1. The summed E-state index contributed by atoms with van der Waals surface area (Å²) >= 11 is 1.86. The van der Waals surface area contributed by atoms with E-state index in [1.807, 2.05) is 11.3 Å². The highest BCUT2D eigenvalue weighted by Gasteiger charge is 2.17. The van der Waals surface area contributed by atoms with Crippen LogP contribution in [0.5, 0.6) is 0 Å². The van der Waals surface area contributed by atoms with Crippen LogP contribution in [0.3, 0.4) is 0 Å². The SMILES string of the molecule is Cc1nc(C)c(C(C)CN2CCNCC2)s1. The van der Waals surface area contributed by atoms with Gasteiger partial charge >= 0.3 is 0 Å². The Hall–Kier alpha value is -0.450. The van der Waals surface area contributed by atoms with Crippen LogP contribution in [0.15, 0.2) is 0 Å². The molecule has 0 radical (unpaired) electrons. The number of aromatic nitrogens is 1. The summed E-state index contributed by atoms with van der Waals surface area (Å²) in [6.07, 6.45) is 0. The van der Waals surface area contributed by atoms with E-state index in [0.717, 1.165) is 13.1 Å². The zero-order valence-corrected chi connectivity index (χ0v) is 11.2. The van der Waals surface area contributed by atoms with Crippen molar-refractivity contribution in [3.63, 3.8) is 0 Å². The molecule has 16 heavy (non-hydrogen) atoms. The van der Waals surface area contributed by atoms with Crippen LogP contribution in [0.2, 0.25) is 0 Å². The fourth-order valence-corrected chi connectivity index (χ4v) is 3.34. The summed E-state index contributed by atoms with van der Waals surface area (Å²) in [7, 11) is 0. The highest BCUT2D eigenvalue weighted by Crippen LogP contribution is 2.26. The Balaban J connectivity index is 1.96. The fraction of sp³-hybridized carbons (Fsp3) is 0.750. The molecule has 1 saturated heterocycles. The molecule has 1 aromatic heterocycles. The largest absolute Gasteiger partial charge is 0.314 e. The lowest BCUT2D eigenvalue weighted by molar-refractivity contribution is 0.231. The molecule has 0 amide bonds. The van der Waals surface area contributed by atoms with Crippen molar-refractivity contribution < 1.29 is 0 Å². The first-order valence-electron chi connectivity index (χ1n) is 6.04. The third kappa shape index (κ3) is 2.81. The molecule has 1 atom stereocenters. The average molecular weight is 239 g/mol. The standard InChI is InChI=1S/C12H21N3S/c1-9(8-15-6-4-13-5-7-15)12-10(2)14-11(3)16-12/h9,13H,4-8H2,1-3H3. The minimum Gasteiger partial charge on any atom is -0.314 e. The summed E-state index contributed by atoms with van der Waals surface area (Å²) in [6, 6.07) is 0. The van der Waals surface area contributed by atoms with Crippen LogP contribution in [0.1, 0.15) is 28.4 Å². The van der Waals surface area contributed by atoms with Gasteiger partial charge in [-0.2, -0.15) is 0 Å². The number of rotatable bonds is 3. The Kier molecular flexibility index (Phi) is 3.95. The number of hydrogen-bond acceptors (Lipinski definition) is 4. The minimum absolute atomic E-state index is 0.615. The summed E-state index contributed by atoms with van der Waals surface area (Å²) in [5, 5.41) is 4.59. The van der Waals surface area contributed by atoms with E-state index < -0.39 is 0 Å². The van der Waals surface area contributed by atoms with E-state index in [0.29, 0.717) is 5.92 Å². The van der Waals surface area contributed by atoms with Crippen LogP contribution in [-0.2, 0) is 0 Å². The molecule has 1 aliphatic rings. The van der Waals surface area contributed by atoms with E-state index in [4.69, 9.17) is 0 Å². The van der Waals surface area contributed by atoms with E-state index in [1.54, 1.807) is 0 Å². The third-order valence-corrected chi connectivity index (χ3v) is 4.43. The van der Waals surface area contributed by atoms with Gasteiger partial charge in [0.05, 0.1) is 10.7 Å². The molecule has 4 heteroatoms. The molecule has 2 rings (SSSR count). The van der Waals surface area contributed by atoms with Gasteiger partial charge in [-0.3, -0.25) is 0 Å². The lowest BCUT2D eigenvalue weighted by Gasteiger charge is -2.29. The third-order valence-electron chi connectivity index (χ3n) is 3.13. The smallest absolute Gasteiger partial charge is 0.0900 e. The van der Waals surface area contributed by atoms with Gasteiger partial charge < -0.3 is 10.2 Å². The summed E-state index contributed by atoms with van der Waals surface area (Å²) in [5.74, 6) is 0.615. The van der Waals surface area contributed by atoms with Crippen molar-refractivity contribution in [3.8, 4) is 0 Å². The van der Waals surface area contributed by atoms with Crippen LogP contribution in [0.4, 0.5) is 0 Å². The molecule has 1 aliphatic heterocycles. The maximum atomic E-state index is 4.51. The second-order valence-electron chi connectivity index (χ2n) is 4.63. The van der Waals surface area contributed by atoms with Crippen LogP contribution < -0.4 is 5.32 Å². The first-order valence-corrected chi connectivity index (χ1v) is 6.85. The van der Waals surface area contributed by atoms with Crippen LogP contribution in [-0.4, -0.2) is 42.6 Å². The number of thiazole rings is 1. The first-order chi connectivity index (χ1) is 7.66. The monoisotopic (exact) mass is 239 g/mol. The zero-order chi connectivity index (χ0) is 11.5. The summed E-state index contributed by atoms with van der Waals surface area (Å²) in [5.41, 5.74) is 1.23. The molecule has 1 unspecified atom stereocenters. The highest BCUT2D eigenvalue weighted by atomic mass is 32.1. The van der Waals surface area contributed by atoms with E-state index in [1.165, 1.54) is 35.2 Å². The number of aryl methyl sites for hydroxylation is 2. The van der Waals surface area contributed by atoms with Crippen LogP contribution in [0, 0.1) is 13.8 Å². The maximum absolute atomic E-state index is 4.51. The van der Waals surface area contributed by atoms with Gasteiger partial charge in [-0.15, -0.1) is 11.3 Å². The lowest BCUT2D eigenvalue weighted by Crippen LogP contribution is -2.44. The Morgan fingerprint density at radius 3 is 2.62 bits per heavy atom. The first kappa shape index (κ1) is 12.0. The highest BCUT2D eigenvalue weighted by molar-refractivity contribution is 7.11. The van der Waals surface area contributed by atoms with Crippen molar-refractivity contribution in [1.29, 1.82) is 0 Å². The topological polar surface area (TPSA) is 28.2 Å². The molecule has 90 valence electrons. The van der Waals surface area contributed by atoms with E-state index in [9.17, 15) is 0 Å². The second kappa shape index (κ2) is 5.25. The van der Waals surface area contributed by atoms with Crippen molar-refractivity contribution >= 4 is 11.3 Å². The van der Waals surface area contributed by atoms with Crippen LogP contribution in [0.25, 0.3) is 0 Å². The molecule has 2 heterocycles. The van der Waals surface area contributed by atoms with Gasteiger partial charge in [-0.05, 0) is 13.8 Å². The Morgan fingerprint density at radius 1 is 1.38 bits per heavy atom. The van der Waals surface area contributed by atoms with Crippen molar-refractivity contribution in [2.75, 3.05) is 32.7 Å². The van der Waals surface area contributed by atoms with Crippen molar-refractivity contribution in [2.24, 2.45) is 0 Å². The quantitative estimate of drug-likeness (QED) is 0.871. The molecule has 1 N–H and O–H groups in total. The van der Waals surface area contributed by atoms with Crippen molar-refractivity contribution in [2.45, 2.75) is 26.7 Å². The van der Waals surface area contributed by atoms with Crippen molar-refractivity contribution in [3.05, 3.63) is 15.6 Å². The van der Waals surface area contributed by atoms with Gasteiger partial charge in [0.25, 0.3) is 0 Å². The molecule has 0 aliphatic carbocycles. The minimum atomic E-state index is 0.615. The number of nitrogens with one attached hydrogen (secondary N) is 1. The number of nitrogens with zero attached hydrogens (tertiary/aromatic N) is 2. The Labute approximate surface area is 102 Å². The predicted molar refractivity (Wildman–Crippen MR) is 69.3 cm³/mol. The molecule has 0 aromatic carbocycles. The van der Waals surface area contributed by atoms with Gasteiger partial charge in [0.15, 0.2) is 0 Å². The zero-order valence-electron chi connectivity index (χ0n) is 10.4. The van der Waals surface area contributed by atoms with Gasteiger partial charge in [0, 0.05) is 43.5 Å². The molecule has 1 fully saturated rings. The summed E-state index contributed by atoms with van der Waals surface area (Å²) in [6.45, 7) is 12.3. The second-order valence-corrected chi connectivity index (χ2v) is 5.87. The normalized spacial score (nSPS) is 19.9. The molecular formula is C12H21N3S. The molecule has 3 nitrogen and oxygen atoms in total. The van der Waals surface area contributed by atoms with Gasteiger partial charge in [-0.25, -0.2) is 4.98 Å². The molecular weight excluding hydrogens is 218 g/mol. The Morgan fingerprint density at radius 2 is 2.06 bits per heavy atom. The van der Waals surface area contributed by atoms with Gasteiger partial charge in [-0.1, -0.05) is 6.92 Å². The molecule has 0 bridgehead atoms. The van der Waals surface area contributed by atoms with E-state index in [-0.39, 0.29) is 0 Å². The van der Waals surface area contributed by atoms with E-state index >= 15 is 0 Å². The van der Waals surface area contributed by atoms with Gasteiger partial charge in [0.1, 0.15) is 0 Å². The molecule has 1 aromatic rings. The lowest BCUT2D eigenvalue weighted by atomic mass is 10.1. The van der Waals surface area contributed by atoms with Crippen molar-refractivity contribution in [1.82, 2.24) is 15.2 Å². The molecule has 0 spiro atoms. The molecule has 0 saturated carbocycles. The predicted octanol–water partition coefficient (Wildman–Crippen LogP) is 1.77. The Bertz CT molecular complexity index is 342. The summed E-state index contributed by atoms with van der Waals surface area (Å²) < 4.78 is 0. The maximum Gasteiger partial charge on any atom is 0.0900 e. The number of hydrogen-bond donors (Lipinski definition) is 1. The van der Waals surface area contributed by atoms with E-state index in [2.05, 4.69) is 36.0 Å². The fourth-order valence-electron chi connectivity index (χ4n) is 2.37. The average Bonchev–Trinajstić information content (AvgIpc) is 2.59. The van der Waals surface area contributed by atoms with Crippen LogP contribution >= 0.6 is 11.3 Å².